The summed E-state index contributed by atoms with van der Waals surface area (Å²) in [6.45, 7) is 6.31. The fraction of sp³-hybridized carbons (Fsp3) is 0.259. The van der Waals surface area contributed by atoms with Gasteiger partial charge in [0.05, 0.1) is 5.56 Å². The second kappa shape index (κ2) is 10.6. The minimum Gasteiger partial charge on any atom is -0.456 e. The summed E-state index contributed by atoms with van der Waals surface area (Å²) >= 11 is 0. The quantitative estimate of drug-likeness (QED) is 0.482. The van der Waals surface area contributed by atoms with Gasteiger partial charge in [-0.3, -0.25) is 0 Å². The number of alkyl carbamates (subject to hydrolysis) is 1. The number of nitrogens with one attached hydrogen (secondary N) is 1. The van der Waals surface area contributed by atoms with Crippen LogP contribution < -0.4 is 5.32 Å². The zero-order chi connectivity index (χ0) is 23.0. The van der Waals surface area contributed by atoms with Crippen LogP contribution in [0, 0.1) is 0 Å². The molecule has 0 radical (unpaired) electrons. The van der Waals surface area contributed by atoms with Crippen molar-refractivity contribution in [3.8, 4) is 11.1 Å². The molecule has 0 fully saturated rings. The van der Waals surface area contributed by atoms with Gasteiger partial charge in [-0.2, -0.15) is 0 Å². The number of rotatable bonds is 7. The molecule has 32 heavy (non-hydrogen) atoms. The highest BCUT2D eigenvalue weighted by molar-refractivity contribution is 5.90. The summed E-state index contributed by atoms with van der Waals surface area (Å²) in [5.41, 5.74) is 4.16. The lowest BCUT2D eigenvalue weighted by Crippen LogP contribution is -2.26. The molecule has 3 rings (SSSR count). The smallest absolute Gasteiger partial charge is 0.407 e. The molecule has 0 atom stereocenters. The molecule has 1 amide bonds. The van der Waals surface area contributed by atoms with Crippen LogP contribution in [0.1, 0.15) is 42.3 Å². The van der Waals surface area contributed by atoms with Crippen molar-refractivity contribution in [1.82, 2.24) is 5.32 Å². The highest BCUT2D eigenvalue weighted by Gasteiger charge is 2.17. The van der Waals surface area contributed by atoms with Gasteiger partial charge in [0.25, 0.3) is 0 Å². The van der Waals surface area contributed by atoms with Gasteiger partial charge in [-0.05, 0) is 61.6 Å². The maximum atomic E-state index is 12.2. The molecule has 0 saturated carbocycles. The van der Waals surface area contributed by atoms with Crippen molar-refractivity contribution in [3.05, 3.63) is 95.6 Å². The Labute approximate surface area is 189 Å². The van der Waals surface area contributed by atoms with Crippen molar-refractivity contribution >= 4 is 12.1 Å². The van der Waals surface area contributed by atoms with Crippen LogP contribution in [0.4, 0.5) is 4.79 Å². The minimum absolute atomic E-state index is 0.258. The average Bonchev–Trinajstić information content (AvgIpc) is 2.78. The maximum absolute atomic E-state index is 12.2. The van der Waals surface area contributed by atoms with E-state index < -0.39 is 11.7 Å². The van der Waals surface area contributed by atoms with Crippen LogP contribution in [0.5, 0.6) is 0 Å². The van der Waals surface area contributed by atoms with Crippen LogP contribution in [0.25, 0.3) is 11.1 Å². The molecule has 0 aliphatic rings. The standard InChI is InChI=1S/C27H29NO4/c1-27(2,3)32-25(29)24-15-13-23(14-16-24)22-11-9-20(10-12-22)17-18-28-26(30)31-19-21-7-5-4-6-8-21/h4-16H,17-19H2,1-3H3,(H,28,30). The van der Waals surface area contributed by atoms with E-state index in [1.165, 1.54) is 0 Å². The van der Waals surface area contributed by atoms with Crippen molar-refractivity contribution < 1.29 is 19.1 Å². The fourth-order valence-electron chi connectivity index (χ4n) is 3.08. The van der Waals surface area contributed by atoms with Crippen molar-refractivity contribution in [3.63, 3.8) is 0 Å². The number of ether oxygens (including phenoxy) is 2. The zero-order valence-corrected chi connectivity index (χ0v) is 18.8. The largest absolute Gasteiger partial charge is 0.456 e. The Morgan fingerprint density at radius 3 is 1.97 bits per heavy atom. The van der Waals surface area contributed by atoms with Crippen molar-refractivity contribution in [2.45, 2.75) is 39.4 Å². The summed E-state index contributed by atoms with van der Waals surface area (Å²) in [6.07, 6.45) is 0.286. The van der Waals surface area contributed by atoms with Crippen LogP contribution in [-0.4, -0.2) is 24.2 Å². The topological polar surface area (TPSA) is 64.6 Å². The Bertz CT molecular complexity index is 1020. The Kier molecular flexibility index (Phi) is 7.66. The fourth-order valence-corrected chi connectivity index (χ4v) is 3.08. The second-order valence-corrected chi connectivity index (χ2v) is 8.51. The highest BCUT2D eigenvalue weighted by Crippen LogP contribution is 2.21. The molecule has 166 valence electrons. The third-order valence-electron chi connectivity index (χ3n) is 4.70. The number of carbonyl (C=O) groups excluding carboxylic acids is 2. The van der Waals surface area contributed by atoms with Crippen LogP contribution in [0.3, 0.4) is 0 Å². The Hall–Kier alpha value is -3.60. The predicted molar refractivity (Wildman–Crippen MR) is 125 cm³/mol. The molecule has 0 spiro atoms. The van der Waals surface area contributed by atoms with Crippen LogP contribution in [-0.2, 0) is 22.5 Å². The first-order valence-corrected chi connectivity index (χ1v) is 10.7. The van der Waals surface area contributed by atoms with Gasteiger partial charge in [0.15, 0.2) is 0 Å². The number of esters is 1. The van der Waals surface area contributed by atoms with E-state index in [1.807, 2.05) is 87.5 Å². The summed E-state index contributed by atoms with van der Waals surface area (Å²) in [6, 6.07) is 25.1. The summed E-state index contributed by atoms with van der Waals surface area (Å²) in [4.78, 5) is 24.0. The summed E-state index contributed by atoms with van der Waals surface area (Å²) < 4.78 is 10.6. The number of amides is 1. The van der Waals surface area contributed by atoms with Crippen molar-refractivity contribution in [1.29, 1.82) is 0 Å². The van der Waals surface area contributed by atoms with E-state index in [0.717, 1.165) is 22.3 Å². The molecule has 0 heterocycles. The molecule has 5 heteroatoms. The van der Waals surface area contributed by atoms with E-state index in [0.29, 0.717) is 18.5 Å². The monoisotopic (exact) mass is 431 g/mol. The lowest BCUT2D eigenvalue weighted by atomic mass is 10.0. The van der Waals surface area contributed by atoms with Crippen LogP contribution in [0.15, 0.2) is 78.9 Å². The maximum Gasteiger partial charge on any atom is 0.407 e. The Balaban J connectivity index is 1.46. The van der Waals surface area contributed by atoms with E-state index in [1.54, 1.807) is 12.1 Å². The number of benzene rings is 3. The predicted octanol–water partition coefficient (Wildman–Crippen LogP) is 5.78. The number of hydrogen-bond acceptors (Lipinski definition) is 4. The number of carbonyl (C=O) groups is 2. The molecule has 0 saturated heterocycles. The molecule has 0 aliphatic heterocycles. The average molecular weight is 432 g/mol. The zero-order valence-electron chi connectivity index (χ0n) is 18.8. The lowest BCUT2D eigenvalue weighted by molar-refractivity contribution is 0.00695. The van der Waals surface area contributed by atoms with Crippen molar-refractivity contribution in [2.75, 3.05) is 6.54 Å². The molecule has 1 N–H and O–H groups in total. The van der Waals surface area contributed by atoms with Gasteiger partial charge >= 0.3 is 12.1 Å². The molecular weight excluding hydrogens is 402 g/mol. The first-order chi connectivity index (χ1) is 15.3. The lowest BCUT2D eigenvalue weighted by Gasteiger charge is -2.19. The Morgan fingerprint density at radius 2 is 1.38 bits per heavy atom. The second-order valence-electron chi connectivity index (χ2n) is 8.51. The highest BCUT2D eigenvalue weighted by atomic mass is 16.6. The van der Waals surface area contributed by atoms with Gasteiger partial charge in [0.2, 0.25) is 0 Å². The van der Waals surface area contributed by atoms with E-state index in [2.05, 4.69) is 5.32 Å². The van der Waals surface area contributed by atoms with E-state index in [4.69, 9.17) is 9.47 Å². The normalized spacial score (nSPS) is 11.0. The third-order valence-corrected chi connectivity index (χ3v) is 4.70. The first-order valence-electron chi connectivity index (χ1n) is 10.7. The van der Waals surface area contributed by atoms with Crippen LogP contribution >= 0.6 is 0 Å². The minimum atomic E-state index is -0.515. The molecular formula is C27H29NO4. The summed E-state index contributed by atoms with van der Waals surface area (Å²) in [7, 11) is 0. The van der Waals surface area contributed by atoms with E-state index >= 15 is 0 Å². The summed E-state index contributed by atoms with van der Waals surface area (Å²) in [5.74, 6) is -0.325. The van der Waals surface area contributed by atoms with Crippen molar-refractivity contribution in [2.24, 2.45) is 0 Å². The van der Waals surface area contributed by atoms with E-state index in [-0.39, 0.29) is 12.6 Å². The first kappa shape index (κ1) is 23.1. The summed E-state index contributed by atoms with van der Waals surface area (Å²) in [5, 5.41) is 2.78. The SMILES string of the molecule is CC(C)(C)OC(=O)c1ccc(-c2ccc(CCNC(=O)OCc3ccccc3)cc2)cc1. The van der Waals surface area contributed by atoms with Crippen LogP contribution in [0.2, 0.25) is 0 Å². The molecule has 5 nitrogen and oxygen atoms in total. The van der Waals surface area contributed by atoms with Gasteiger partial charge in [-0.1, -0.05) is 66.7 Å². The van der Waals surface area contributed by atoms with Gasteiger partial charge in [-0.15, -0.1) is 0 Å². The number of hydrogen-bond donors (Lipinski definition) is 1. The van der Waals surface area contributed by atoms with Gasteiger partial charge in [-0.25, -0.2) is 9.59 Å². The van der Waals surface area contributed by atoms with Gasteiger partial charge < -0.3 is 14.8 Å². The Morgan fingerprint density at radius 1 is 0.781 bits per heavy atom. The third kappa shape index (κ3) is 7.27. The molecule has 0 aliphatic carbocycles. The molecule has 3 aromatic carbocycles. The molecule has 0 unspecified atom stereocenters. The van der Waals surface area contributed by atoms with Gasteiger partial charge in [0.1, 0.15) is 12.2 Å². The molecule has 0 aromatic heterocycles. The van der Waals surface area contributed by atoms with Gasteiger partial charge in [0, 0.05) is 6.54 Å². The molecule has 3 aromatic rings. The van der Waals surface area contributed by atoms with E-state index in [9.17, 15) is 9.59 Å². The molecule has 0 bridgehead atoms.